The molecule has 1 fully saturated rings. The van der Waals surface area contributed by atoms with Gasteiger partial charge in [0.2, 0.25) is 5.91 Å². The fourth-order valence-corrected chi connectivity index (χ4v) is 4.02. The molecule has 1 aromatic heterocycles. The number of nitrogens with one attached hydrogen (secondary N) is 2. The number of fused-ring (bicyclic) bond motifs is 1. The normalized spacial score (nSPS) is 17.8. The van der Waals surface area contributed by atoms with Crippen molar-refractivity contribution < 1.29 is 19.4 Å². The van der Waals surface area contributed by atoms with E-state index < -0.39 is 5.97 Å². The van der Waals surface area contributed by atoms with E-state index in [0.717, 1.165) is 41.2 Å². The van der Waals surface area contributed by atoms with Crippen LogP contribution >= 0.6 is 15.9 Å². The molecule has 3 rings (SSSR count). The summed E-state index contributed by atoms with van der Waals surface area (Å²) in [5.41, 5.74) is 1.40. The van der Waals surface area contributed by atoms with Crippen LogP contribution in [0.4, 0.5) is 5.69 Å². The number of piperidine rings is 1. The van der Waals surface area contributed by atoms with E-state index >= 15 is 0 Å². The number of nitrogens with zero attached hydrogens (tertiary/aromatic N) is 1. The number of rotatable bonds is 6. The zero-order chi connectivity index (χ0) is 19.4. The van der Waals surface area contributed by atoms with E-state index in [0.29, 0.717) is 12.1 Å². The summed E-state index contributed by atoms with van der Waals surface area (Å²) >= 11 is 3.43. The molecule has 7 nitrogen and oxygen atoms in total. The van der Waals surface area contributed by atoms with Crippen molar-refractivity contribution in [2.24, 2.45) is 0 Å². The van der Waals surface area contributed by atoms with E-state index in [9.17, 15) is 14.7 Å². The summed E-state index contributed by atoms with van der Waals surface area (Å²) in [6, 6.07) is 5.76. The number of H-pyrrole nitrogens is 1. The van der Waals surface area contributed by atoms with Gasteiger partial charge in [0.25, 0.3) is 0 Å². The number of hydrogen-bond donors (Lipinski definition) is 3. The molecule has 1 aliphatic heterocycles. The van der Waals surface area contributed by atoms with Crippen LogP contribution in [0.5, 0.6) is 0 Å². The monoisotopic (exact) mass is 437 g/mol. The van der Waals surface area contributed by atoms with Crippen LogP contribution in [0.15, 0.2) is 22.7 Å². The molecule has 0 unspecified atom stereocenters. The molecule has 0 bridgehead atoms. The Morgan fingerprint density at radius 3 is 2.96 bits per heavy atom. The number of ether oxygens (including phenoxy) is 1. The van der Waals surface area contributed by atoms with Gasteiger partial charge in [0.15, 0.2) is 0 Å². The third-order valence-electron chi connectivity index (χ3n) is 4.97. The summed E-state index contributed by atoms with van der Waals surface area (Å²) in [6.45, 7) is 1.18. The zero-order valence-electron chi connectivity index (χ0n) is 15.3. The van der Waals surface area contributed by atoms with Gasteiger partial charge in [0.1, 0.15) is 5.69 Å². The number of aliphatic hydroxyl groups excluding tert-OH is 1. The average Bonchev–Trinajstić information content (AvgIpc) is 3.00. The van der Waals surface area contributed by atoms with Crippen LogP contribution in [0.25, 0.3) is 10.9 Å². The molecule has 8 heteroatoms. The van der Waals surface area contributed by atoms with Crippen molar-refractivity contribution in [3.63, 3.8) is 0 Å². The molecule has 1 amide bonds. The number of amides is 1. The molecule has 0 aliphatic carbocycles. The van der Waals surface area contributed by atoms with Gasteiger partial charge in [0.05, 0.1) is 19.3 Å². The third-order valence-corrected chi connectivity index (χ3v) is 5.47. The lowest BCUT2D eigenvalue weighted by molar-refractivity contribution is -0.118. The first kappa shape index (κ1) is 19.9. The largest absolute Gasteiger partial charge is 0.464 e. The van der Waals surface area contributed by atoms with Crippen LogP contribution in [-0.2, 0) is 9.53 Å². The third kappa shape index (κ3) is 4.51. The Bertz CT molecular complexity index is 834. The average molecular weight is 438 g/mol. The topological polar surface area (TPSA) is 94.7 Å². The molecule has 3 N–H and O–H groups in total. The maximum absolute atomic E-state index is 12.7. The maximum Gasteiger partial charge on any atom is 0.356 e. The second kappa shape index (κ2) is 8.86. The molecule has 2 aromatic rings. The number of likely N-dealkylation sites (tertiary alicyclic amines) is 1. The predicted molar refractivity (Wildman–Crippen MR) is 107 cm³/mol. The van der Waals surface area contributed by atoms with E-state index in [2.05, 4.69) is 31.1 Å². The lowest BCUT2D eigenvalue weighted by atomic mass is 9.99. The summed E-state index contributed by atoms with van der Waals surface area (Å²) in [5.74, 6) is -0.723. The van der Waals surface area contributed by atoms with Gasteiger partial charge in [-0.25, -0.2) is 4.79 Å². The number of aromatic amines is 1. The minimum atomic E-state index is -0.534. The highest BCUT2D eigenvalue weighted by Gasteiger charge is 2.25. The van der Waals surface area contributed by atoms with Crippen molar-refractivity contribution in [2.75, 3.05) is 32.1 Å². The molecule has 0 saturated carbocycles. The lowest BCUT2D eigenvalue weighted by Gasteiger charge is -2.34. The second-order valence-electron chi connectivity index (χ2n) is 6.74. The zero-order valence-corrected chi connectivity index (χ0v) is 16.8. The summed E-state index contributed by atoms with van der Waals surface area (Å²) < 4.78 is 5.69. The Hall–Kier alpha value is -1.90. The number of hydrogen-bond acceptors (Lipinski definition) is 5. The van der Waals surface area contributed by atoms with Gasteiger partial charge in [-0.1, -0.05) is 22.4 Å². The lowest BCUT2D eigenvalue weighted by Crippen LogP contribution is -2.44. The van der Waals surface area contributed by atoms with E-state index in [4.69, 9.17) is 4.74 Å². The number of aliphatic hydroxyl groups is 1. The number of halogens is 1. The molecule has 146 valence electrons. The number of aromatic nitrogens is 1. The minimum absolute atomic E-state index is 0.117. The quantitative estimate of drug-likeness (QED) is 0.603. The Labute approximate surface area is 166 Å². The molecule has 1 atom stereocenters. The van der Waals surface area contributed by atoms with Crippen molar-refractivity contribution in [2.45, 2.75) is 31.7 Å². The fraction of sp³-hybridized carbons (Fsp3) is 0.474. The highest BCUT2D eigenvalue weighted by atomic mass is 79.9. The van der Waals surface area contributed by atoms with Crippen molar-refractivity contribution in [1.82, 2.24) is 9.88 Å². The van der Waals surface area contributed by atoms with Crippen molar-refractivity contribution in [1.29, 1.82) is 0 Å². The van der Waals surface area contributed by atoms with Crippen LogP contribution in [0.3, 0.4) is 0 Å². The van der Waals surface area contributed by atoms with Crippen LogP contribution in [0, 0.1) is 0 Å². The SMILES string of the molecule is COC(=O)c1[nH]c2ccc(Br)cc2c1NC(=O)CN1CCCC[C@@H]1CCO. The van der Waals surface area contributed by atoms with E-state index in [1.54, 1.807) is 0 Å². The number of methoxy groups -OCH3 is 1. The smallest absolute Gasteiger partial charge is 0.356 e. The van der Waals surface area contributed by atoms with E-state index in [-0.39, 0.29) is 30.8 Å². The molecule has 2 heterocycles. The Morgan fingerprint density at radius 2 is 2.22 bits per heavy atom. The van der Waals surface area contributed by atoms with Gasteiger partial charge in [-0.2, -0.15) is 0 Å². The first-order valence-corrected chi connectivity index (χ1v) is 9.87. The molecule has 0 spiro atoms. The van der Waals surface area contributed by atoms with Crippen LogP contribution in [0.2, 0.25) is 0 Å². The van der Waals surface area contributed by atoms with E-state index in [1.807, 2.05) is 18.2 Å². The van der Waals surface area contributed by atoms with E-state index in [1.165, 1.54) is 7.11 Å². The van der Waals surface area contributed by atoms with Crippen molar-refractivity contribution in [3.8, 4) is 0 Å². The molecule has 27 heavy (non-hydrogen) atoms. The fourth-order valence-electron chi connectivity index (χ4n) is 3.66. The summed E-state index contributed by atoms with van der Waals surface area (Å²) in [4.78, 5) is 30.0. The molecule has 0 radical (unpaired) electrons. The molecule has 1 saturated heterocycles. The molecular formula is C19H24BrN3O4. The maximum atomic E-state index is 12.7. The van der Waals surface area contributed by atoms with Gasteiger partial charge >= 0.3 is 5.97 Å². The predicted octanol–water partition coefficient (Wildman–Crippen LogP) is 2.89. The minimum Gasteiger partial charge on any atom is -0.464 e. The summed E-state index contributed by atoms with van der Waals surface area (Å²) in [7, 11) is 1.31. The van der Waals surface area contributed by atoms with Gasteiger partial charge < -0.3 is 20.1 Å². The van der Waals surface area contributed by atoms with Gasteiger partial charge in [-0.15, -0.1) is 0 Å². The number of esters is 1. The highest BCUT2D eigenvalue weighted by molar-refractivity contribution is 9.10. The highest BCUT2D eigenvalue weighted by Crippen LogP contribution is 2.31. The molecule has 1 aromatic carbocycles. The summed E-state index contributed by atoms with van der Waals surface area (Å²) in [6.07, 6.45) is 3.82. The standard InChI is InChI=1S/C19H24BrN3O4/c1-27-19(26)18-17(14-10-12(20)5-6-15(14)21-18)22-16(25)11-23-8-3-2-4-13(23)7-9-24/h5-6,10,13,21,24H,2-4,7-9,11H2,1H3,(H,22,25)/t13-/m1/s1. The second-order valence-corrected chi connectivity index (χ2v) is 7.65. The molecule has 1 aliphatic rings. The Morgan fingerprint density at radius 1 is 1.41 bits per heavy atom. The Kier molecular flexibility index (Phi) is 6.51. The first-order valence-electron chi connectivity index (χ1n) is 9.07. The van der Waals surface area contributed by atoms with Crippen molar-refractivity contribution in [3.05, 3.63) is 28.4 Å². The van der Waals surface area contributed by atoms with Gasteiger partial charge in [0, 0.05) is 28.0 Å². The Balaban J connectivity index is 1.83. The first-order chi connectivity index (χ1) is 13.0. The number of benzene rings is 1. The number of anilines is 1. The van der Waals surface area contributed by atoms with Crippen LogP contribution in [0.1, 0.15) is 36.2 Å². The summed E-state index contributed by atoms with van der Waals surface area (Å²) in [5, 5.41) is 12.9. The van der Waals surface area contributed by atoms with Crippen molar-refractivity contribution >= 4 is 44.4 Å². The van der Waals surface area contributed by atoms with Crippen LogP contribution < -0.4 is 5.32 Å². The number of carbonyl (C=O) groups is 2. The van der Waals surface area contributed by atoms with Gasteiger partial charge in [-0.3, -0.25) is 9.69 Å². The molecular weight excluding hydrogens is 414 g/mol. The van der Waals surface area contributed by atoms with Gasteiger partial charge in [-0.05, 0) is 44.0 Å². The number of carbonyl (C=O) groups excluding carboxylic acids is 2. The van der Waals surface area contributed by atoms with Crippen LogP contribution in [-0.4, -0.2) is 59.7 Å².